The Balaban J connectivity index is 2.12. The smallest absolute Gasteiger partial charge is 0.127 e. The summed E-state index contributed by atoms with van der Waals surface area (Å²) in [5.41, 5.74) is 6.90. The van der Waals surface area contributed by atoms with Crippen LogP contribution in [0.3, 0.4) is 0 Å². The zero-order valence-electron chi connectivity index (χ0n) is 10.00. The zero-order valence-corrected chi connectivity index (χ0v) is 11.6. The van der Waals surface area contributed by atoms with Gasteiger partial charge in [0.1, 0.15) is 24.0 Å². The van der Waals surface area contributed by atoms with E-state index in [4.69, 9.17) is 10.5 Å². The molecule has 2 N–H and O–H groups in total. The van der Waals surface area contributed by atoms with E-state index < -0.39 is 5.82 Å². The van der Waals surface area contributed by atoms with E-state index in [2.05, 4.69) is 15.9 Å². The van der Waals surface area contributed by atoms with E-state index in [1.807, 2.05) is 0 Å². The number of hydrogen-bond acceptors (Lipinski definition) is 2. The molecule has 2 nitrogen and oxygen atoms in total. The molecular formula is C14H12BrF2NO. The second-order valence-electron chi connectivity index (χ2n) is 4.02. The Labute approximate surface area is 118 Å². The Morgan fingerprint density at radius 1 is 1.05 bits per heavy atom. The summed E-state index contributed by atoms with van der Waals surface area (Å²) in [5.74, 6) is -0.320. The second kappa shape index (κ2) is 6.12. The Kier molecular flexibility index (Phi) is 4.50. The van der Waals surface area contributed by atoms with Crippen LogP contribution in [0.5, 0.6) is 5.75 Å². The van der Waals surface area contributed by atoms with Crippen LogP contribution in [0.2, 0.25) is 0 Å². The lowest BCUT2D eigenvalue weighted by molar-refractivity contribution is 0.303. The van der Waals surface area contributed by atoms with Crippen molar-refractivity contribution < 1.29 is 13.5 Å². The van der Waals surface area contributed by atoms with Gasteiger partial charge >= 0.3 is 0 Å². The lowest BCUT2D eigenvalue weighted by Crippen LogP contribution is -2.01. The van der Waals surface area contributed by atoms with Crippen molar-refractivity contribution in [3.05, 3.63) is 63.6 Å². The molecule has 0 atom stereocenters. The number of hydrogen-bond donors (Lipinski definition) is 1. The highest BCUT2D eigenvalue weighted by Gasteiger charge is 2.05. The summed E-state index contributed by atoms with van der Waals surface area (Å²) in [7, 11) is 0. The third kappa shape index (κ3) is 3.75. The van der Waals surface area contributed by atoms with Gasteiger partial charge in [-0.3, -0.25) is 0 Å². The minimum Gasteiger partial charge on any atom is -0.489 e. The van der Waals surface area contributed by atoms with Crippen molar-refractivity contribution in [2.45, 2.75) is 13.2 Å². The number of halogens is 3. The average molecular weight is 328 g/mol. The minimum absolute atomic E-state index is 0.217. The summed E-state index contributed by atoms with van der Waals surface area (Å²) < 4.78 is 32.3. The fourth-order valence-electron chi connectivity index (χ4n) is 1.62. The van der Waals surface area contributed by atoms with Crippen LogP contribution in [0.4, 0.5) is 8.78 Å². The number of nitrogens with two attached hydrogens (primary N) is 1. The Morgan fingerprint density at radius 2 is 1.84 bits per heavy atom. The third-order valence-corrected chi connectivity index (χ3v) is 3.31. The first-order valence-corrected chi connectivity index (χ1v) is 6.44. The van der Waals surface area contributed by atoms with Gasteiger partial charge in [-0.25, -0.2) is 8.78 Å². The Hall–Kier alpha value is -1.46. The molecule has 0 saturated heterocycles. The molecule has 0 unspecified atom stereocenters. The normalized spacial score (nSPS) is 10.5. The molecular weight excluding hydrogens is 316 g/mol. The molecule has 2 aromatic carbocycles. The summed E-state index contributed by atoms with van der Waals surface area (Å²) in [5, 5.41) is 0. The molecule has 0 saturated carbocycles. The van der Waals surface area contributed by atoms with Crippen molar-refractivity contribution in [3.8, 4) is 5.75 Å². The largest absolute Gasteiger partial charge is 0.489 e. The monoisotopic (exact) mass is 327 g/mol. The predicted molar refractivity (Wildman–Crippen MR) is 72.7 cm³/mol. The van der Waals surface area contributed by atoms with E-state index >= 15 is 0 Å². The van der Waals surface area contributed by atoms with Crippen LogP contribution < -0.4 is 10.5 Å². The molecule has 0 heterocycles. The van der Waals surface area contributed by atoms with Gasteiger partial charge in [0.25, 0.3) is 0 Å². The van der Waals surface area contributed by atoms with E-state index in [0.29, 0.717) is 15.8 Å². The quantitative estimate of drug-likeness (QED) is 0.927. The SMILES string of the molecule is NCc1cc(F)cc(OCc2ccc(F)cc2Br)c1. The van der Waals surface area contributed by atoms with E-state index in [-0.39, 0.29) is 19.0 Å². The molecule has 0 aliphatic heterocycles. The number of benzene rings is 2. The first kappa shape index (κ1) is 14.0. The first-order valence-electron chi connectivity index (χ1n) is 5.65. The van der Waals surface area contributed by atoms with Crippen molar-refractivity contribution in [2.24, 2.45) is 5.73 Å². The van der Waals surface area contributed by atoms with E-state index in [1.54, 1.807) is 12.1 Å². The first-order chi connectivity index (χ1) is 9.08. The van der Waals surface area contributed by atoms with Gasteiger partial charge < -0.3 is 10.5 Å². The van der Waals surface area contributed by atoms with Gasteiger partial charge in [0.15, 0.2) is 0 Å². The molecule has 0 amide bonds. The van der Waals surface area contributed by atoms with Crippen molar-refractivity contribution >= 4 is 15.9 Å². The third-order valence-electron chi connectivity index (χ3n) is 2.58. The van der Waals surface area contributed by atoms with E-state index in [9.17, 15) is 8.78 Å². The van der Waals surface area contributed by atoms with Crippen molar-refractivity contribution in [2.75, 3.05) is 0 Å². The minimum atomic E-state index is -0.392. The van der Waals surface area contributed by atoms with Crippen LogP contribution in [0.15, 0.2) is 40.9 Å². The van der Waals surface area contributed by atoms with Gasteiger partial charge in [0.2, 0.25) is 0 Å². The lowest BCUT2D eigenvalue weighted by Gasteiger charge is -2.09. The van der Waals surface area contributed by atoms with Crippen LogP contribution in [0, 0.1) is 11.6 Å². The Morgan fingerprint density at radius 3 is 2.53 bits per heavy atom. The van der Waals surface area contributed by atoms with Crippen LogP contribution in [0.1, 0.15) is 11.1 Å². The number of rotatable bonds is 4. The summed E-state index contributed by atoms with van der Waals surface area (Å²) in [6.45, 7) is 0.461. The topological polar surface area (TPSA) is 35.2 Å². The molecule has 0 aromatic heterocycles. The fraction of sp³-hybridized carbons (Fsp3) is 0.143. The molecule has 2 rings (SSSR count). The molecule has 0 radical (unpaired) electrons. The molecule has 0 aliphatic rings. The standard InChI is InChI=1S/C14H12BrF2NO/c15-14-6-11(16)2-1-10(14)8-19-13-4-9(7-18)3-12(17)5-13/h1-6H,7-8,18H2. The van der Waals surface area contributed by atoms with E-state index in [1.165, 1.54) is 24.3 Å². The Bertz CT molecular complexity index is 590. The molecule has 2 aromatic rings. The lowest BCUT2D eigenvalue weighted by atomic mass is 10.2. The second-order valence-corrected chi connectivity index (χ2v) is 4.88. The fourth-order valence-corrected chi connectivity index (χ4v) is 2.09. The zero-order chi connectivity index (χ0) is 13.8. The van der Waals surface area contributed by atoms with Crippen LogP contribution in [0.25, 0.3) is 0 Å². The van der Waals surface area contributed by atoms with Gasteiger partial charge in [0, 0.05) is 22.6 Å². The van der Waals surface area contributed by atoms with Crippen LogP contribution >= 0.6 is 15.9 Å². The molecule has 100 valence electrons. The van der Waals surface area contributed by atoms with Gasteiger partial charge in [0.05, 0.1) is 0 Å². The molecule has 0 fully saturated rings. The summed E-state index contributed by atoms with van der Waals surface area (Å²) in [6, 6.07) is 8.65. The predicted octanol–water partition coefficient (Wildman–Crippen LogP) is 3.77. The van der Waals surface area contributed by atoms with Crippen molar-refractivity contribution in [3.63, 3.8) is 0 Å². The average Bonchev–Trinajstić information content (AvgIpc) is 2.37. The highest BCUT2D eigenvalue weighted by molar-refractivity contribution is 9.10. The van der Waals surface area contributed by atoms with Gasteiger partial charge in [-0.1, -0.05) is 22.0 Å². The van der Waals surface area contributed by atoms with Crippen molar-refractivity contribution in [1.82, 2.24) is 0 Å². The number of ether oxygens (including phenoxy) is 1. The summed E-state index contributed by atoms with van der Waals surface area (Å²) >= 11 is 3.25. The summed E-state index contributed by atoms with van der Waals surface area (Å²) in [6.07, 6.45) is 0. The van der Waals surface area contributed by atoms with E-state index in [0.717, 1.165) is 5.56 Å². The molecule has 0 spiro atoms. The maximum absolute atomic E-state index is 13.3. The molecule has 19 heavy (non-hydrogen) atoms. The maximum atomic E-state index is 13.3. The van der Waals surface area contributed by atoms with Gasteiger partial charge in [-0.2, -0.15) is 0 Å². The highest BCUT2D eigenvalue weighted by Crippen LogP contribution is 2.22. The van der Waals surface area contributed by atoms with Gasteiger partial charge in [-0.15, -0.1) is 0 Å². The summed E-state index contributed by atoms with van der Waals surface area (Å²) in [4.78, 5) is 0. The highest BCUT2D eigenvalue weighted by atomic mass is 79.9. The van der Waals surface area contributed by atoms with Gasteiger partial charge in [-0.05, 0) is 29.8 Å². The molecule has 0 aliphatic carbocycles. The van der Waals surface area contributed by atoms with Crippen molar-refractivity contribution in [1.29, 1.82) is 0 Å². The molecule has 5 heteroatoms. The maximum Gasteiger partial charge on any atom is 0.127 e. The van der Waals surface area contributed by atoms with Crippen LogP contribution in [-0.2, 0) is 13.2 Å². The van der Waals surface area contributed by atoms with Crippen LogP contribution in [-0.4, -0.2) is 0 Å². The molecule has 0 bridgehead atoms.